The van der Waals surface area contributed by atoms with Crippen molar-refractivity contribution >= 4 is 29.4 Å². The van der Waals surface area contributed by atoms with Crippen LogP contribution in [0.3, 0.4) is 0 Å². The topological polar surface area (TPSA) is 58.2 Å². The molecule has 0 unspecified atom stereocenters. The molecule has 1 amide bonds. The van der Waals surface area contributed by atoms with Gasteiger partial charge in [0, 0.05) is 11.0 Å². The predicted molar refractivity (Wildman–Crippen MR) is 91.4 cm³/mol. The highest BCUT2D eigenvalue weighted by atomic mass is 32.2. The summed E-state index contributed by atoms with van der Waals surface area (Å²) in [6.45, 7) is 0. The highest BCUT2D eigenvalue weighted by Gasteiger charge is 2.21. The van der Waals surface area contributed by atoms with Crippen molar-refractivity contribution in [3.8, 4) is 5.75 Å². The zero-order valence-electron chi connectivity index (χ0n) is 12.5. The number of hydrogen-bond donors (Lipinski definition) is 1. The molecule has 0 fully saturated rings. The number of aromatic nitrogens is 2. The van der Waals surface area contributed by atoms with Crippen LogP contribution in [-0.2, 0) is 0 Å². The molecule has 23 heavy (non-hydrogen) atoms. The summed E-state index contributed by atoms with van der Waals surface area (Å²) in [6, 6.07) is 18.3. The maximum Gasteiger partial charge on any atom is 0.425 e. The van der Waals surface area contributed by atoms with E-state index in [-0.39, 0.29) is 0 Å². The molecule has 0 saturated carbocycles. The molecule has 0 aliphatic heterocycles. The van der Waals surface area contributed by atoms with Crippen LogP contribution >= 0.6 is 11.8 Å². The minimum atomic E-state index is -0.502. The first-order valence-corrected chi connectivity index (χ1v) is 8.21. The van der Waals surface area contributed by atoms with Crippen molar-refractivity contribution in [3.63, 3.8) is 0 Å². The van der Waals surface area contributed by atoms with E-state index < -0.39 is 6.09 Å². The predicted octanol–water partition coefficient (Wildman–Crippen LogP) is 4.47. The molecule has 3 rings (SSSR count). The van der Waals surface area contributed by atoms with Gasteiger partial charge in [-0.25, -0.2) is 9.69 Å². The average Bonchev–Trinajstić information content (AvgIpc) is 3.11. The van der Waals surface area contributed by atoms with Crippen LogP contribution in [0, 0.1) is 0 Å². The number of nitrogens with one attached hydrogen (secondary N) is 1. The molecule has 0 aliphatic rings. The molecule has 0 radical (unpaired) electrons. The normalized spacial score (nSPS) is 10.3. The lowest BCUT2D eigenvalue weighted by atomic mass is 10.3. The van der Waals surface area contributed by atoms with Gasteiger partial charge in [-0.2, -0.15) is 5.10 Å². The molecular formula is C17H15N3O2S. The lowest BCUT2D eigenvalue weighted by molar-refractivity contribution is 0.210. The average molecular weight is 325 g/mol. The molecule has 0 bridgehead atoms. The number of nitrogens with zero attached hydrogens (tertiary/aromatic N) is 2. The number of para-hydroxylation sites is 1. The molecule has 6 heteroatoms. The van der Waals surface area contributed by atoms with Gasteiger partial charge in [0.05, 0.1) is 11.9 Å². The smallest absolute Gasteiger partial charge is 0.410 e. The van der Waals surface area contributed by atoms with Crippen molar-refractivity contribution in [1.82, 2.24) is 10.2 Å². The lowest BCUT2D eigenvalue weighted by Gasteiger charge is -2.20. The largest absolute Gasteiger partial charge is 0.425 e. The third-order valence-electron chi connectivity index (χ3n) is 3.19. The van der Waals surface area contributed by atoms with E-state index in [4.69, 9.17) is 4.74 Å². The van der Waals surface area contributed by atoms with E-state index in [9.17, 15) is 4.79 Å². The van der Waals surface area contributed by atoms with Crippen molar-refractivity contribution in [3.05, 3.63) is 66.9 Å². The molecule has 116 valence electrons. The summed E-state index contributed by atoms with van der Waals surface area (Å²) in [5.41, 5.74) is 0.702. The molecule has 1 N–H and O–H groups in total. The molecule has 0 saturated heterocycles. The van der Waals surface area contributed by atoms with Gasteiger partial charge in [0.25, 0.3) is 0 Å². The summed E-state index contributed by atoms with van der Waals surface area (Å²) in [5, 5.41) is 6.71. The third-order valence-corrected chi connectivity index (χ3v) is 3.93. The summed E-state index contributed by atoms with van der Waals surface area (Å²) in [6.07, 6.45) is 3.09. The zero-order valence-corrected chi connectivity index (χ0v) is 13.3. The van der Waals surface area contributed by atoms with Crippen LogP contribution in [0.2, 0.25) is 0 Å². The first kappa shape index (κ1) is 15.2. The Kier molecular flexibility index (Phi) is 4.63. The van der Waals surface area contributed by atoms with Crippen LogP contribution in [0.15, 0.2) is 71.8 Å². The van der Waals surface area contributed by atoms with Gasteiger partial charge in [-0.05, 0) is 42.7 Å². The summed E-state index contributed by atoms with van der Waals surface area (Å²) < 4.78 is 5.45. The summed E-state index contributed by atoms with van der Waals surface area (Å²) >= 11 is 1.64. The van der Waals surface area contributed by atoms with E-state index in [0.717, 1.165) is 4.90 Å². The summed E-state index contributed by atoms with van der Waals surface area (Å²) in [5.74, 6) is 1.03. The van der Waals surface area contributed by atoms with Crippen LogP contribution in [0.4, 0.5) is 16.3 Å². The van der Waals surface area contributed by atoms with E-state index in [1.807, 2.05) is 48.7 Å². The maximum absolute atomic E-state index is 12.6. The minimum Gasteiger partial charge on any atom is -0.410 e. The van der Waals surface area contributed by atoms with Gasteiger partial charge in [-0.3, -0.25) is 5.10 Å². The molecule has 0 aliphatic carbocycles. The van der Waals surface area contributed by atoms with Gasteiger partial charge in [0.15, 0.2) is 0 Å². The van der Waals surface area contributed by atoms with Gasteiger partial charge in [-0.15, -0.1) is 11.8 Å². The van der Waals surface area contributed by atoms with E-state index in [1.54, 1.807) is 36.2 Å². The number of anilines is 2. The molecular weight excluding hydrogens is 310 g/mol. The molecule has 2 aromatic carbocycles. The number of rotatable bonds is 4. The molecule has 1 aromatic heterocycles. The van der Waals surface area contributed by atoms with Gasteiger partial charge in [0.1, 0.15) is 11.6 Å². The number of thioether (sulfide) groups is 1. The molecule has 1 heterocycles. The quantitative estimate of drug-likeness (QED) is 0.719. The number of H-pyrrole nitrogens is 1. The Balaban J connectivity index is 1.90. The van der Waals surface area contributed by atoms with Crippen LogP contribution in [-0.4, -0.2) is 22.5 Å². The third kappa shape index (κ3) is 3.54. The monoisotopic (exact) mass is 325 g/mol. The second-order valence-corrected chi connectivity index (χ2v) is 5.54. The van der Waals surface area contributed by atoms with Crippen LogP contribution in [0.25, 0.3) is 0 Å². The molecule has 0 atom stereocenters. The number of ether oxygens (including phenoxy) is 1. The number of benzene rings is 2. The van der Waals surface area contributed by atoms with Crippen molar-refractivity contribution in [2.24, 2.45) is 0 Å². The number of amides is 1. The Hall–Kier alpha value is -2.73. The maximum atomic E-state index is 12.6. The highest BCUT2D eigenvalue weighted by molar-refractivity contribution is 7.98. The van der Waals surface area contributed by atoms with Crippen molar-refractivity contribution in [2.75, 3.05) is 11.2 Å². The van der Waals surface area contributed by atoms with E-state index in [2.05, 4.69) is 10.2 Å². The molecule has 0 spiro atoms. The minimum absolute atomic E-state index is 0.489. The second kappa shape index (κ2) is 7.02. The number of hydrogen-bond acceptors (Lipinski definition) is 4. The number of carbonyl (C=O) groups excluding carboxylic acids is 1. The SMILES string of the molecule is CSc1ccc(N(C(=O)Oc2ccccc2)c2ccn[nH]2)cc1. The Labute approximate surface area is 138 Å². The van der Waals surface area contributed by atoms with Gasteiger partial charge >= 0.3 is 6.09 Å². The van der Waals surface area contributed by atoms with Gasteiger partial charge in [-0.1, -0.05) is 18.2 Å². The van der Waals surface area contributed by atoms with E-state index >= 15 is 0 Å². The van der Waals surface area contributed by atoms with Crippen LogP contribution in [0.5, 0.6) is 5.75 Å². The van der Waals surface area contributed by atoms with Crippen molar-refractivity contribution < 1.29 is 9.53 Å². The second-order valence-electron chi connectivity index (χ2n) is 4.66. The number of aromatic amines is 1. The van der Waals surface area contributed by atoms with E-state index in [1.165, 1.54) is 4.90 Å². The lowest BCUT2D eigenvalue weighted by Crippen LogP contribution is -2.29. The highest BCUT2D eigenvalue weighted by Crippen LogP contribution is 2.27. The fourth-order valence-corrected chi connectivity index (χ4v) is 2.49. The summed E-state index contributed by atoms with van der Waals surface area (Å²) in [4.78, 5) is 15.2. The van der Waals surface area contributed by atoms with Crippen LogP contribution in [0.1, 0.15) is 0 Å². The Bertz CT molecular complexity index is 758. The fraction of sp³-hybridized carbons (Fsp3) is 0.0588. The fourth-order valence-electron chi connectivity index (χ4n) is 2.08. The van der Waals surface area contributed by atoms with Crippen molar-refractivity contribution in [1.29, 1.82) is 0 Å². The Morgan fingerprint density at radius 1 is 1.09 bits per heavy atom. The molecule has 5 nitrogen and oxygen atoms in total. The Morgan fingerprint density at radius 3 is 2.43 bits per heavy atom. The van der Waals surface area contributed by atoms with Crippen LogP contribution < -0.4 is 9.64 Å². The first-order valence-electron chi connectivity index (χ1n) is 6.98. The zero-order chi connectivity index (χ0) is 16.1. The van der Waals surface area contributed by atoms with E-state index in [0.29, 0.717) is 17.3 Å². The first-order chi connectivity index (χ1) is 11.3. The van der Waals surface area contributed by atoms with Gasteiger partial charge < -0.3 is 4.74 Å². The summed E-state index contributed by atoms with van der Waals surface area (Å²) in [7, 11) is 0. The standard InChI is InChI=1S/C17H15N3O2S/c1-23-15-9-7-13(8-10-15)20(16-11-12-18-19-16)17(21)22-14-5-3-2-4-6-14/h2-12H,1H3,(H,18,19). The van der Waals surface area contributed by atoms with Gasteiger partial charge in [0.2, 0.25) is 0 Å². The number of carbonyl (C=O) groups is 1. The van der Waals surface area contributed by atoms with Crippen molar-refractivity contribution in [2.45, 2.75) is 4.90 Å². The molecule has 3 aromatic rings. The Morgan fingerprint density at radius 2 is 1.83 bits per heavy atom.